The maximum atomic E-state index is 13.1. The summed E-state index contributed by atoms with van der Waals surface area (Å²) in [5.41, 5.74) is 2.56. The third-order valence-electron chi connectivity index (χ3n) is 6.47. The fourth-order valence-electron chi connectivity index (χ4n) is 4.87. The number of nitrogens with zero attached hydrogens (tertiary/aromatic N) is 4. The molecule has 192 valence electrons. The van der Waals surface area contributed by atoms with Gasteiger partial charge >= 0.3 is 6.16 Å². The van der Waals surface area contributed by atoms with Crippen LogP contribution in [0.4, 0.5) is 10.6 Å². The van der Waals surface area contributed by atoms with Crippen molar-refractivity contribution in [3.63, 3.8) is 0 Å². The van der Waals surface area contributed by atoms with Gasteiger partial charge in [-0.05, 0) is 63.6 Å². The number of carbonyl (C=O) groups is 2. The van der Waals surface area contributed by atoms with E-state index >= 15 is 0 Å². The lowest BCUT2D eigenvalue weighted by atomic mass is 9.94. The summed E-state index contributed by atoms with van der Waals surface area (Å²) in [5.74, 6) is 1.07. The highest BCUT2D eigenvalue weighted by Gasteiger charge is 2.32. The standard InChI is InChI=1S/C26H33N5O5/c1-26(2,3)31-23(27-24(32)21-13-18(15-35-5)28-30(21)4)14-20(29-31)17-11-10-16(12-17)19-8-6-7-9-22(19)36-25(33)34/h6-9,13-14,16-17H,10-12,15H2,1-5H3,(H,27,32)(H,33,34)/t16-,17+/m1/s1. The normalized spacial score (nSPS) is 17.8. The Labute approximate surface area is 210 Å². The molecule has 2 atom stereocenters. The third kappa shape index (κ3) is 5.43. The van der Waals surface area contributed by atoms with Gasteiger partial charge in [0.1, 0.15) is 17.3 Å². The Balaban J connectivity index is 1.56. The van der Waals surface area contributed by atoms with E-state index in [9.17, 15) is 9.59 Å². The summed E-state index contributed by atoms with van der Waals surface area (Å²) < 4.78 is 13.5. The number of carbonyl (C=O) groups excluding carboxylic acids is 1. The first-order valence-electron chi connectivity index (χ1n) is 12.0. The van der Waals surface area contributed by atoms with Crippen LogP contribution in [-0.4, -0.2) is 43.8 Å². The van der Waals surface area contributed by atoms with Gasteiger partial charge in [0.15, 0.2) is 0 Å². The molecule has 2 aromatic heterocycles. The van der Waals surface area contributed by atoms with Crippen LogP contribution in [0.2, 0.25) is 0 Å². The summed E-state index contributed by atoms with van der Waals surface area (Å²) in [5, 5.41) is 21.3. The average molecular weight is 496 g/mol. The smallest absolute Gasteiger partial charge is 0.449 e. The molecule has 10 heteroatoms. The van der Waals surface area contributed by atoms with Crippen LogP contribution in [0, 0.1) is 0 Å². The second-order valence-corrected chi connectivity index (χ2v) is 10.2. The minimum atomic E-state index is -1.32. The molecule has 1 saturated carbocycles. The Morgan fingerprint density at radius 2 is 1.86 bits per heavy atom. The van der Waals surface area contributed by atoms with E-state index in [1.165, 1.54) is 0 Å². The van der Waals surface area contributed by atoms with Gasteiger partial charge in [0, 0.05) is 26.1 Å². The largest absolute Gasteiger partial charge is 0.511 e. The van der Waals surface area contributed by atoms with Crippen LogP contribution in [0.25, 0.3) is 0 Å². The molecule has 2 heterocycles. The Bertz CT molecular complexity index is 1260. The van der Waals surface area contributed by atoms with Gasteiger partial charge in [-0.3, -0.25) is 9.48 Å². The van der Waals surface area contributed by atoms with Gasteiger partial charge in [0.05, 0.1) is 23.5 Å². The van der Waals surface area contributed by atoms with Gasteiger partial charge in [-0.2, -0.15) is 10.2 Å². The van der Waals surface area contributed by atoms with E-state index in [4.69, 9.17) is 19.7 Å². The van der Waals surface area contributed by atoms with E-state index in [0.29, 0.717) is 29.6 Å². The van der Waals surface area contributed by atoms with Crippen molar-refractivity contribution >= 4 is 17.9 Å². The first-order chi connectivity index (χ1) is 17.1. The van der Waals surface area contributed by atoms with Crippen molar-refractivity contribution in [2.45, 2.75) is 64.0 Å². The van der Waals surface area contributed by atoms with Crippen molar-refractivity contribution in [3.05, 3.63) is 59.0 Å². The molecule has 3 aromatic rings. The van der Waals surface area contributed by atoms with Crippen LogP contribution in [0.1, 0.15) is 79.3 Å². The molecular formula is C26H33N5O5. The highest BCUT2D eigenvalue weighted by molar-refractivity contribution is 6.02. The summed E-state index contributed by atoms with van der Waals surface area (Å²) in [7, 11) is 3.31. The molecule has 0 radical (unpaired) electrons. The van der Waals surface area contributed by atoms with Crippen LogP contribution in [0.15, 0.2) is 36.4 Å². The summed E-state index contributed by atoms with van der Waals surface area (Å²) in [6, 6.07) is 11.0. The quantitative estimate of drug-likeness (QED) is 0.354. The molecule has 1 fully saturated rings. The topological polar surface area (TPSA) is 121 Å². The molecular weight excluding hydrogens is 462 g/mol. The summed E-state index contributed by atoms with van der Waals surface area (Å²) in [6.07, 6.45) is 1.30. The predicted octanol–water partition coefficient (Wildman–Crippen LogP) is 4.88. The molecule has 4 rings (SSSR count). The van der Waals surface area contributed by atoms with Crippen LogP contribution in [0.3, 0.4) is 0 Å². The third-order valence-corrected chi connectivity index (χ3v) is 6.47. The fourth-order valence-corrected chi connectivity index (χ4v) is 4.87. The van der Waals surface area contributed by atoms with Crippen LogP contribution in [-0.2, 0) is 23.9 Å². The molecule has 0 spiro atoms. The number of ether oxygens (including phenoxy) is 2. The minimum absolute atomic E-state index is 0.164. The molecule has 0 unspecified atom stereocenters. The molecule has 0 aliphatic heterocycles. The van der Waals surface area contributed by atoms with E-state index in [1.54, 1.807) is 37.0 Å². The van der Waals surface area contributed by atoms with Crippen LogP contribution < -0.4 is 10.1 Å². The Morgan fingerprint density at radius 3 is 2.56 bits per heavy atom. The van der Waals surface area contributed by atoms with E-state index in [0.717, 1.165) is 30.5 Å². The van der Waals surface area contributed by atoms with Crippen molar-refractivity contribution in [3.8, 4) is 5.75 Å². The van der Waals surface area contributed by atoms with E-state index in [2.05, 4.69) is 10.4 Å². The number of benzene rings is 1. The summed E-state index contributed by atoms with van der Waals surface area (Å²) >= 11 is 0. The number of carboxylic acid groups (broad SMARTS) is 1. The number of hydrogen-bond donors (Lipinski definition) is 2. The summed E-state index contributed by atoms with van der Waals surface area (Å²) in [6.45, 7) is 6.44. The number of nitrogens with one attached hydrogen (secondary N) is 1. The van der Waals surface area contributed by atoms with Crippen LogP contribution >= 0.6 is 0 Å². The SMILES string of the molecule is COCc1cc(C(=O)Nc2cc([C@H]3CC[C@@H](c4ccccc4OC(=O)O)C3)nn2C(C)(C)C)n(C)n1. The molecule has 36 heavy (non-hydrogen) atoms. The van der Waals surface area contributed by atoms with Gasteiger partial charge in [0.25, 0.3) is 5.91 Å². The number of amides is 1. The monoisotopic (exact) mass is 495 g/mol. The highest BCUT2D eigenvalue weighted by Crippen LogP contribution is 2.46. The van der Waals surface area contributed by atoms with Crippen molar-refractivity contribution < 1.29 is 24.2 Å². The Morgan fingerprint density at radius 1 is 1.14 bits per heavy atom. The molecule has 1 amide bonds. The fraction of sp³-hybridized carbons (Fsp3) is 0.462. The number of hydrogen-bond acceptors (Lipinski definition) is 6. The maximum Gasteiger partial charge on any atom is 0.511 e. The zero-order valence-electron chi connectivity index (χ0n) is 21.3. The molecule has 10 nitrogen and oxygen atoms in total. The van der Waals surface area contributed by atoms with E-state index in [1.807, 2.05) is 43.7 Å². The number of anilines is 1. The van der Waals surface area contributed by atoms with E-state index < -0.39 is 6.16 Å². The number of rotatable bonds is 7. The number of para-hydroxylation sites is 1. The number of aryl methyl sites for hydroxylation is 1. The first-order valence-corrected chi connectivity index (χ1v) is 12.0. The molecule has 0 bridgehead atoms. The molecule has 1 aromatic carbocycles. The average Bonchev–Trinajstić information content (AvgIpc) is 3.52. The minimum Gasteiger partial charge on any atom is -0.449 e. The van der Waals surface area contributed by atoms with Gasteiger partial charge in [0.2, 0.25) is 0 Å². The lowest BCUT2D eigenvalue weighted by Crippen LogP contribution is -2.27. The van der Waals surface area contributed by atoms with E-state index in [-0.39, 0.29) is 23.3 Å². The summed E-state index contributed by atoms with van der Waals surface area (Å²) in [4.78, 5) is 24.2. The van der Waals surface area contributed by atoms with Gasteiger partial charge in [-0.1, -0.05) is 18.2 Å². The van der Waals surface area contributed by atoms with Crippen molar-refractivity contribution in [2.75, 3.05) is 12.4 Å². The predicted molar refractivity (Wildman–Crippen MR) is 134 cm³/mol. The van der Waals surface area contributed by atoms with Crippen molar-refractivity contribution in [2.24, 2.45) is 7.05 Å². The van der Waals surface area contributed by atoms with Gasteiger partial charge in [-0.15, -0.1) is 0 Å². The van der Waals surface area contributed by atoms with Gasteiger partial charge in [-0.25, -0.2) is 9.48 Å². The van der Waals surface area contributed by atoms with Crippen molar-refractivity contribution in [1.29, 1.82) is 0 Å². The second kappa shape index (κ2) is 10.1. The zero-order valence-corrected chi connectivity index (χ0v) is 21.3. The number of aromatic nitrogens is 4. The zero-order chi connectivity index (χ0) is 26.0. The second-order valence-electron chi connectivity index (χ2n) is 10.2. The Hall–Kier alpha value is -3.66. The van der Waals surface area contributed by atoms with Crippen molar-refractivity contribution in [1.82, 2.24) is 19.6 Å². The first kappa shape index (κ1) is 25.4. The molecule has 1 aliphatic carbocycles. The number of methoxy groups -OCH3 is 1. The van der Waals surface area contributed by atoms with Crippen LogP contribution in [0.5, 0.6) is 5.75 Å². The van der Waals surface area contributed by atoms with Gasteiger partial charge < -0.3 is 19.9 Å². The maximum absolute atomic E-state index is 13.1. The molecule has 0 saturated heterocycles. The highest BCUT2D eigenvalue weighted by atomic mass is 16.7. The Kier molecular flexibility index (Phi) is 7.16. The lowest BCUT2D eigenvalue weighted by Gasteiger charge is -2.22. The lowest BCUT2D eigenvalue weighted by molar-refractivity contribution is 0.101. The molecule has 1 aliphatic rings. The molecule has 2 N–H and O–H groups in total.